The predicted molar refractivity (Wildman–Crippen MR) is 96.9 cm³/mol. The number of rotatable bonds is 6. The Kier molecular flexibility index (Phi) is 4.57. The first-order valence-electron chi connectivity index (χ1n) is 8.48. The van der Waals surface area contributed by atoms with Gasteiger partial charge in [0.05, 0.1) is 11.7 Å². The lowest BCUT2D eigenvalue weighted by atomic mass is 10.0. The van der Waals surface area contributed by atoms with Crippen molar-refractivity contribution in [2.75, 3.05) is 13.1 Å². The first kappa shape index (κ1) is 16.9. The van der Waals surface area contributed by atoms with Crippen LogP contribution >= 0.6 is 0 Å². The molecule has 0 amide bonds. The summed E-state index contributed by atoms with van der Waals surface area (Å²) in [5, 5.41) is 4.02. The minimum atomic E-state index is -3.32. The molecule has 134 valence electrons. The Morgan fingerprint density at radius 2 is 1.58 bits per heavy atom. The van der Waals surface area contributed by atoms with Crippen LogP contribution in [0, 0.1) is 0 Å². The minimum absolute atomic E-state index is 0.0175. The SMILES string of the molecule is O=S(=O)(Cc1ccccc1)N1CC(c2nc(Cc3ccccc3)no2)C1. The minimum Gasteiger partial charge on any atom is -0.339 e. The van der Waals surface area contributed by atoms with Crippen molar-refractivity contribution in [2.45, 2.75) is 18.1 Å². The Balaban J connectivity index is 1.36. The Morgan fingerprint density at radius 3 is 2.23 bits per heavy atom. The number of sulfonamides is 1. The molecular formula is C19H19N3O3S. The first-order valence-corrected chi connectivity index (χ1v) is 10.1. The quantitative estimate of drug-likeness (QED) is 0.667. The Bertz CT molecular complexity index is 966. The maximum absolute atomic E-state index is 12.5. The third kappa shape index (κ3) is 3.68. The summed E-state index contributed by atoms with van der Waals surface area (Å²) in [6.07, 6.45) is 0.604. The zero-order valence-electron chi connectivity index (χ0n) is 14.2. The van der Waals surface area contributed by atoms with Crippen molar-refractivity contribution in [1.82, 2.24) is 14.4 Å². The van der Waals surface area contributed by atoms with Gasteiger partial charge in [0, 0.05) is 19.5 Å². The molecule has 2 aromatic carbocycles. The summed E-state index contributed by atoms with van der Waals surface area (Å²) in [5.41, 5.74) is 1.90. The molecule has 1 aliphatic heterocycles. The summed E-state index contributed by atoms with van der Waals surface area (Å²) in [4.78, 5) is 4.43. The van der Waals surface area contributed by atoms with Crippen molar-refractivity contribution in [3.8, 4) is 0 Å². The molecule has 2 heterocycles. The molecule has 26 heavy (non-hydrogen) atoms. The fraction of sp³-hybridized carbons (Fsp3) is 0.263. The van der Waals surface area contributed by atoms with E-state index in [1.54, 1.807) is 0 Å². The lowest BCUT2D eigenvalue weighted by Gasteiger charge is -2.35. The molecule has 0 atom stereocenters. The van der Waals surface area contributed by atoms with Crippen LogP contribution in [-0.4, -0.2) is 36.0 Å². The molecule has 1 aliphatic rings. The topological polar surface area (TPSA) is 76.3 Å². The molecule has 0 spiro atoms. The summed E-state index contributed by atoms with van der Waals surface area (Å²) in [5.74, 6) is 1.13. The largest absolute Gasteiger partial charge is 0.339 e. The Hall–Kier alpha value is -2.51. The molecule has 7 heteroatoms. The van der Waals surface area contributed by atoms with E-state index in [9.17, 15) is 8.42 Å². The summed E-state index contributed by atoms with van der Waals surface area (Å²) >= 11 is 0. The Morgan fingerprint density at radius 1 is 0.962 bits per heavy atom. The van der Waals surface area contributed by atoms with Gasteiger partial charge >= 0.3 is 0 Å². The number of nitrogens with zero attached hydrogens (tertiary/aromatic N) is 3. The van der Waals surface area contributed by atoms with Gasteiger partial charge in [-0.2, -0.15) is 9.29 Å². The van der Waals surface area contributed by atoms with Gasteiger partial charge in [0.1, 0.15) is 0 Å². The second-order valence-electron chi connectivity index (χ2n) is 6.47. The monoisotopic (exact) mass is 369 g/mol. The van der Waals surface area contributed by atoms with Gasteiger partial charge in [-0.05, 0) is 11.1 Å². The normalized spacial score (nSPS) is 15.7. The third-order valence-corrected chi connectivity index (χ3v) is 6.25. The standard InChI is InChI=1S/C19H19N3O3S/c23-26(24,14-16-9-5-2-6-10-16)22-12-17(13-22)19-20-18(21-25-19)11-15-7-3-1-4-8-15/h1-10,17H,11-14H2. The highest BCUT2D eigenvalue weighted by atomic mass is 32.2. The van der Waals surface area contributed by atoms with Crippen LogP contribution in [0.2, 0.25) is 0 Å². The highest BCUT2D eigenvalue weighted by molar-refractivity contribution is 7.88. The van der Waals surface area contributed by atoms with E-state index >= 15 is 0 Å². The van der Waals surface area contributed by atoms with E-state index in [-0.39, 0.29) is 11.7 Å². The fourth-order valence-corrected chi connectivity index (χ4v) is 4.59. The van der Waals surface area contributed by atoms with Crippen molar-refractivity contribution < 1.29 is 12.9 Å². The van der Waals surface area contributed by atoms with Crippen LogP contribution in [0.25, 0.3) is 0 Å². The van der Waals surface area contributed by atoms with Gasteiger partial charge in [-0.1, -0.05) is 65.8 Å². The molecule has 0 N–H and O–H groups in total. The number of benzene rings is 2. The average Bonchev–Trinajstić information content (AvgIpc) is 3.02. The van der Waals surface area contributed by atoms with E-state index in [1.165, 1.54) is 4.31 Å². The lowest BCUT2D eigenvalue weighted by Crippen LogP contribution is -2.48. The summed E-state index contributed by atoms with van der Waals surface area (Å²) in [6.45, 7) is 0.782. The molecule has 0 radical (unpaired) electrons. The number of hydrogen-bond donors (Lipinski definition) is 0. The van der Waals surface area contributed by atoms with Gasteiger partial charge in [0.2, 0.25) is 15.9 Å². The first-order chi connectivity index (χ1) is 12.6. The molecule has 1 fully saturated rings. The predicted octanol–water partition coefficient (Wildman–Crippen LogP) is 2.59. The van der Waals surface area contributed by atoms with Gasteiger partial charge in [-0.15, -0.1) is 0 Å². The molecule has 3 aromatic rings. The third-order valence-electron chi connectivity index (χ3n) is 4.47. The molecule has 0 bridgehead atoms. The molecule has 0 aliphatic carbocycles. The summed E-state index contributed by atoms with van der Waals surface area (Å²) < 4.78 is 31.7. The van der Waals surface area contributed by atoms with E-state index < -0.39 is 10.0 Å². The van der Waals surface area contributed by atoms with Gasteiger partial charge in [-0.3, -0.25) is 0 Å². The smallest absolute Gasteiger partial charge is 0.232 e. The molecule has 4 rings (SSSR count). The second-order valence-corrected chi connectivity index (χ2v) is 8.44. The van der Waals surface area contributed by atoms with Crippen LogP contribution in [0.5, 0.6) is 0 Å². The molecule has 0 saturated carbocycles. The molecule has 1 aromatic heterocycles. The van der Waals surface area contributed by atoms with E-state index in [0.29, 0.717) is 31.2 Å². The summed E-state index contributed by atoms with van der Waals surface area (Å²) in [7, 11) is -3.32. The van der Waals surface area contributed by atoms with Gasteiger partial charge < -0.3 is 4.52 Å². The van der Waals surface area contributed by atoms with E-state index in [0.717, 1.165) is 11.1 Å². The van der Waals surface area contributed by atoms with Crippen LogP contribution in [0.1, 0.15) is 28.8 Å². The van der Waals surface area contributed by atoms with Gasteiger partial charge in [-0.25, -0.2) is 8.42 Å². The molecule has 1 saturated heterocycles. The number of aromatic nitrogens is 2. The van der Waals surface area contributed by atoms with Crippen LogP contribution < -0.4 is 0 Å². The zero-order chi connectivity index (χ0) is 18.0. The second kappa shape index (κ2) is 7.01. The van der Waals surface area contributed by atoms with Crippen molar-refractivity contribution in [1.29, 1.82) is 0 Å². The zero-order valence-corrected chi connectivity index (χ0v) is 15.0. The van der Waals surface area contributed by atoms with Gasteiger partial charge in [0.15, 0.2) is 5.82 Å². The van der Waals surface area contributed by atoms with Crippen molar-refractivity contribution in [3.05, 3.63) is 83.5 Å². The van der Waals surface area contributed by atoms with Crippen molar-refractivity contribution in [2.24, 2.45) is 0 Å². The highest BCUT2D eigenvalue weighted by Crippen LogP contribution is 2.29. The van der Waals surface area contributed by atoms with E-state index in [1.807, 2.05) is 60.7 Å². The molecular weight excluding hydrogens is 350 g/mol. The van der Waals surface area contributed by atoms with Crippen LogP contribution in [0.4, 0.5) is 0 Å². The van der Waals surface area contributed by atoms with Crippen LogP contribution in [-0.2, 0) is 22.2 Å². The molecule has 0 unspecified atom stereocenters. The number of hydrogen-bond acceptors (Lipinski definition) is 5. The maximum Gasteiger partial charge on any atom is 0.232 e. The Labute approximate surface area is 152 Å². The fourth-order valence-electron chi connectivity index (χ4n) is 2.98. The molecule has 6 nitrogen and oxygen atoms in total. The average molecular weight is 369 g/mol. The van der Waals surface area contributed by atoms with Gasteiger partial charge in [0.25, 0.3) is 0 Å². The highest BCUT2D eigenvalue weighted by Gasteiger charge is 2.39. The van der Waals surface area contributed by atoms with E-state index in [2.05, 4.69) is 10.1 Å². The lowest BCUT2D eigenvalue weighted by molar-refractivity contribution is 0.216. The summed E-state index contributed by atoms with van der Waals surface area (Å²) in [6, 6.07) is 19.1. The van der Waals surface area contributed by atoms with Crippen LogP contribution in [0.3, 0.4) is 0 Å². The van der Waals surface area contributed by atoms with Crippen molar-refractivity contribution >= 4 is 10.0 Å². The maximum atomic E-state index is 12.5. The van der Waals surface area contributed by atoms with Crippen LogP contribution in [0.15, 0.2) is 65.2 Å². The van der Waals surface area contributed by atoms with Crippen molar-refractivity contribution in [3.63, 3.8) is 0 Å². The van der Waals surface area contributed by atoms with E-state index in [4.69, 9.17) is 4.52 Å².